The highest BCUT2D eigenvalue weighted by atomic mass is 79.9. The lowest BCUT2D eigenvalue weighted by atomic mass is 10.0. The third-order valence-corrected chi connectivity index (χ3v) is 3.38. The van der Waals surface area contributed by atoms with Crippen LogP contribution in [0.1, 0.15) is 23.7 Å². The van der Waals surface area contributed by atoms with E-state index in [2.05, 4.69) is 15.9 Å². The minimum Gasteiger partial charge on any atom is -0.294 e. The van der Waals surface area contributed by atoms with Gasteiger partial charge in [0.2, 0.25) is 0 Å². The lowest BCUT2D eigenvalue weighted by molar-refractivity contribution is 0.0988. The molecule has 0 saturated heterocycles. The predicted octanol–water partition coefficient (Wildman–Crippen LogP) is 4.85. The van der Waals surface area contributed by atoms with E-state index in [1.807, 2.05) is 6.92 Å². The second-order valence-corrected chi connectivity index (χ2v) is 4.81. The van der Waals surface area contributed by atoms with Crippen LogP contribution in [0.25, 0.3) is 11.1 Å². The van der Waals surface area contributed by atoms with Crippen LogP contribution < -0.4 is 0 Å². The van der Waals surface area contributed by atoms with Gasteiger partial charge in [-0.15, -0.1) is 0 Å². The average Bonchev–Trinajstić information content (AvgIpc) is 2.41. The van der Waals surface area contributed by atoms with E-state index in [4.69, 9.17) is 0 Å². The van der Waals surface area contributed by atoms with Crippen molar-refractivity contribution < 1.29 is 9.18 Å². The van der Waals surface area contributed by atoms with Crippen LogP contribution in [-0.2, 0) is 0 Å². The van der Waals surface area contributed by atoms with Crippen molar-refractivity contribution in [3.8, 4) is 11.1 Å². The molecule has 0 aliphatic rings. The fourth-order valence-electron chi connectivity index (χ4n) is 1.79. The maximum atomic E-state index is 14.0. The van der Waals surface area contributed by atoms with E-state index in [1.165, 1.54) is 0 Å². The summed E-state index contributed by atoms with van der Waals surface area (Å²) >= 11 is 3.16. The number of ketones is 1. The van der Waals surface area contributed by atoms with Gasteiger partial charge in [-0.2, -0.15) is 0 Å². The Balaban J connectivity index is 2.51. The van der Waals surface area contributed by atoms with E-state index >= 15 is 0 Å². The zero-order valence-corrected chi connectivity index (χ0v) is 11.5. The Kier molecular flexibility index (Phi) is 3.92. The molecular weight excluding hydrogens is 295 g/mol. The third-order valence-electron chi connectivity index (χ3n) is 2.77. The van der Waals surface area contributed by atoms with E-state index in [9.17, 15) is 9.18 Å². The van der Waals surface area contributed by atoms with Crippen molar-refractivity contribution in [1.29, 1.82) is 0 Å². The summed E-state index contributed by atoms with van der Waals surface area (Å²) in [5, 5.41) is 0. The van der Waals surface area contributed by atoms with Gasteiger partial charge in [-0.3, -0.25) is 4.79 Å². The monoisotopic (exact) mass is 306 g/mol. The summed E-state index contributed by atoms with van der Waals surface area (Å²) in [5.74, 6) is -0.245. The number of benzene rings is 2. The summed E-state index contributed by atoms with van der Waals surface area (Å²) in [6.07, 6.45) is 0.449. The van der Waals surface area contributed by atoms with Crippen LogP contribution in [0.15, 0.2) is 46.9 Å². The summed E-state index contributed by atoms with van der Waals surface area (Å²) in [6, 6.07) is 12.2. The standard InChI is InChI=1S/C15H12BrFO/c1-2-14(18)11-6-3-5-10(9-11)12-7-4-8-13(16)15(12)17/h3-9H,2H2,1H3. The molecule has 18 heavy (non-hydrogen) atoms. The smallest absolute Gasteiger partial charge is 0.162 e. The average molecular weight is 307 g/mol. The lowest BCUT2D eigenvalue weighted by Crippen LogP contribution is -1.96. The molecule has 0 amide bonds. The molecule has 0 aliphatic heterocycles. The Morgan fingerprint density at radius 2 is 1.94 bits per heavy atom. The summed E-state index contributed by atoms with van der Waals surface area (Å²) in [5.41, 5.74) is 1.83. The zero-order valence-electron chi connectivity index (χ0n) is 9.91. The highest BCUT2D eigenvalue weighted by molar-refractivity contribution is 9.10. The molecule has 0 bridgehead atoms. The minimum atomic E-state index is -0.307. The van der Waals surface area contributed by atoms with Gasteiger partial charge in [0, 0.05) is 17.5 Å². The van der Waals surface area contributed by atoms with Crippen molar-refractivity contribution in [1.82, 2.24) is 0 Å². The van der Waals surface area contributed by atoms with Crippen molar-refractivity contribution in [2.45, 2.75) is 13.3 Å². The Morgan fingerprint density at radius 1 is 1.22 bits per heavy atom. The molecule has 0 atom stereocenters. The highest BCUT2D eigenvalue weighted by Crippen LogP contribution is 2.28. The second kappa shape index (κ2) is 5.44. The second-order valence-electron chi connectivity index (χ2n) is 3.96. The van der Waals surface area contributed by atoms with E-state index in [0.717, 1.165) is 0 Å². The van der Waals surface area contributed by atoms with Gasteiger partial charge < -0.3 is 0 Å². The maximum absolute atomic E-state index is 14.0. The fourth-order valence-corrected chi connectivity index (χ4v) is 2.16. The van der Waals surface area contributed by atoms with Crippen LogP contribution >= 0.6 is 15.9 Å². The molecular formula is C15H12BrFO. The molecule has 0 unspecified atom stereocenters. The molecule has 0 heterocycles. The molecule has 0 N–H and O–H groups in total. The van der Waals surface area contributed by atoms with Crippen LogP contribution in [0.5, 0.6) is 0 Å². The van der Waals surface area contributed by atoms with Gasteiger partial charge in [0.15, 0.2) is 5.78 Å². The summed E-state index contributed by atoms with van der Waals surface area (Å²) in [6.45, 7) is 1.81. The first-order chi connectivity index (χ1) is 8.63. The molecule has 1 nitrogen and oxygen atoms in total. The first-order valence-corrected chi connectivity index (χ1v) is 6.50. The fraction of sp³-hybridized carbons (Fsp3) is 0.133. The van der Waals surface area contributed by atoms with Crippen LogP contribution in [-0.4, -0.2) is 5.78 Å². The molecule has 92 valence electrons. The van der Waals surface area contributed by atoms with Crippen molar-refractivity contribution in [2.75, 3.05) is 0 Å². The number of carbonyl (C=O) groups excluding carboxylic acids is 1. The largest absolute Gasteiger partial charge is 0.294 e. The van der Waals surface area contributed by atoms with E-state index in [-0.39, 0.29) is 11.6 Å². The third kappa shape index (κ3) is 2.51. The van der Waals surface area contributed by atoms with Gasteiger partial charge in [-0.25, -0.2) is 4.39 Å². The molecule has 0 aromatic heterocycles. The van der Waals surface area contributed by atoms with Crippen molar-refractivity contribution >= 4 is 21.7 Å². The first-order valence-electron chi connectivity index (χ1n) is 5.71. The van der Waals surface area contributed by atoms with E-state index in [1.54, 1.807) is 42.5 Å². The molecule has 0 radical (unpaired) electrons. The first kappa shape index (κ1) is 13.0. The quantitative estimate of drug-likeness (QED) is 0.741. The minimum absolute atomic E-state index is 0.0623. The van der Waals surface area contributed by atoms with Gasteiger partial charge in [-0.1, -0.05) is 37.3 Å². The number of hydrogen-bond donors (Lipinski definition) is 0. The highest BCUT2D eigenvalue weighted by Gasteiger charge is 2.10. The zero-order chi connectivity index (χ0) is 13.1. The molecule has 0 fully saturated rings. The predicted molar refractivity (Wildman–Crippen MR) is 74.2 cm³/mol. The SMILES string of the molecule is CCC(=O)c1cccc(-c2cccc(Br)c2F)c1. The Labute approximate surface area is 114 Å². The lowest BCUT2D eigenvalue weighted by Gasteiger charge is -2.06. The normalized spacial score (nSPS) is 10.4. The number of carbonyl (C=O) groups is 1. The summed E-state index contributed by atoms with van der Waals surface area (Å²) < 4.78 is 14.4. The van der Waals surface area contributed by atoms with Crippen LogP contribution in [0.2, 0.25) is 0 Å². The topological polar surface area (TPSA) is 17.1 Å². The molecule has 3 heteroatoms. The Morgan fingerprint density at radius 3 is 2.67 bits per heavy atom. The Bertz CT molecular complexity index is 593. The van der Waals surface area contributed by atoms with Crippen LogP contribution in [0.4, 0.5) is 4.39 Å². The van der Waals surface area contributed by atoms with Gasteiger partial charge in [0.05, 0.1) is 4.47 Å². The van der Waals surface area contributed by atoms with Crippen molar-refractivity contribution in [3.63, 3.8) is 0 Å². The van der Waals surface area contributed by atoms with E-state index in [0.29, 0.717) is 27.6 Å². The number of halogens is 2. The number of rotatable bonds is 3. The Hall–Kier alpha value is -1.48. The van der Waals surface area contributed by atoms with Gasteiger partial charge in [0.1, 0.15) is 5.82 Å². The number of hydrogen-bond acceptors (Lipinski definition) is 1. The van der Waals surface area contributed by atoms with Gasteiger partial charge in [0.25, 0.3) is 0 Å². The van der Waals surface area contributed by atoms with Crippen molar-refractivity contribution in [2.24, 2.45) is 0 Å². The maximum Gasteiger partial charge on any atom is 0.162 e. The van der Waals surface area contributed by atoms with E-state index < -0.39 is 0 Å². The van der Waals surface area contributed by atoms with Crippen LogP contribution in [0, 0.1) is 5.82 Å². The summed E-state index contributed by atoms with van der Waals surface area (Å²) in [7, 11) is 0. The molecule has 0 saturated carbocycles. The van der Waals surface area contributed by atoms with Crippen molar-refractivity contribution in [3.05, 3.63) is 58.3 Å². The van der Waals surface area contributed by atoms with Gasteiger partial charge >= 0.3 is 0 Å². The molecule has 2 aromatic carbocycles. The van der Waals surface area contributed by atoms with Gasteiger partial charge in [-0.05, 0) is 33.6 Å². The van der Waals surface area contributed by atoms with Crippen LogP contribution in [0.3, 0.4) is 0 Å². The molecule has 0 aliphatic carbocycles. The molecule has 2 rings (SSSR count). The molecule has 2 aromatic rings. The summed E-state index contributed by atoms with van der Waals surface area (Å²) in [4.78, 5) is 11.6. The number of Topliss-reactive ketones (excluding diaryl/α,β-unsaturated/α-hetero) is 1. The molecule has 0 spiro atoms.